The first kappa shape index (κ1) is 13.7. The van der Waals surface area contributed by atoms with E-state index in [-0.39, 0.29) is 6.10 Å². The van der Waals surface area contributed by atoms with Crippen LogP contribution in [-0.2, 0) is 11.3 Å². The molecule has 4 rings (SSSR count). The van der Waals surface area contributed by atoms with E-state index in [0.717, 1.165) is 35.7 Å². The van der Waals surface area contributed by atoms with Crippen molar-refractivity contribution in [1.29, 1.82) is 0 Å². The Balaban J connectivity index is 1.54. The van der Waals surface area contributed by atoms with E-state index >= 15 is 0 Å². The minimum atomic E-state index is 0.123. The molecular formula is C15H17N5OS. The van der Waals surface area contributed by atoms with Crippen molar-refractivity contribution in [3.63, 3.8) is 0 Å². The molecule has 1 unspecified atom stereocenters. The van der Waals surface area contributed by atoms with Gasteiger partial charge >= 0.3 is 0 Å². The summed E-state index contributed by atoms with van der Waals surface area (Å²) in [7, 11) is 0. The summed E-state index contributed by atoms with van der Waals surface area (Å²) in [5, 5.41) is 6.41. The molecule has 6 nitrogen and oxygen atoms in total. The molecule has 3 aromatic rings. The number of thiophene rings is 1. The van der Waals surface area contributed by atoms with Gasteiger partial charge in [-0.2, -0.15) is 5.10 Å². The zero-order chi connectivity index (χ0) is 14.9. The Hall–Kier alpha value is -1.99. The smallest absolute Gasteiger partial charge is 0.150 e. The Morgan fingerprint density at radius 3 is 3.23 bits per heavy atom. The van der Waals surface area contributed by atoms with Crippen LogP contribution in [0.2, 0.25) is 0 Å². The second-order valence-electron chi connectivity index (χ2n) is 5.51. The maximum absolute atomic E-state index is 5.89. The third-order valence-corrected chi connectivity index (χ3v) is 4.72. The van der Waals surface area contributed by atoms with E-state index < -0.39 is 0 Å². The second kappa shape index (κ2) is 5.66. The van der Waals surface area contributed by atoms with Crippen molar-refractivity contribution in [1.82, 2.24) is 19.7 Å². The predicted octanol–water partition coefficient (Wildman–Crippen LogP) is 2.10. The molecule has 1 aliphatic heterocycles. The maximum atomic E-state index is 5.89. The topological polar surface area (TPSA) is 56.1 Å². The number of nitrogens with zero attached hydrogens (tertiary/aromatic N) is 5. The Morgan fingerprint density at radius 2 is 2.36 bits per heavy atom. The van der Waals surface area contributed by atoms with Gasteiger partial charge in [-0.1, -0.05) is 0 Å². The zero-order valence-electron chi connectivity index (χ0n) is 12.3. The minimum Gasteiger partial charge on any atom is -0.373 e. The third-order valence-electron chi connectivity index (χ3n) is 3.82. The van der Waals surface area contributed by atoms with E-state index in [4.69, 9.17) is 4.74 Å². The molecule has 0 saturated carbocycles. The standard InChI is InChI=1S/C15H17N5OS/c1-11-6-18-20(7-11)9-12-8-19(3-4-21-12)15-14-13(2-5-22-14)16-10-17-15/h2,5-7,10,12H,3-4,8-9H2,1H3. The first-order valence-electron chi connectivity index (χ1n) is 7.33. The van der Waals surface area contributed by atoms with Crippen molar-refractivity contribution in [2.45, 2.75) is 19.6 Å². The Bertz CT molecular complexity index is 783. The Kier molecular flexibility index (Phi) is 3.51. The molecule has 0 bridgehead atoms. The molecule has 4 heterocycles. The van der Waals surface area contributed by atoms with Crippen molar-refractivity contribution in [3.8, 4) is 0 Å². The summed E-state index contributed by atoms with van der Waals surface area (Å²) in [6.45, 7) is 5.21. The number of aryl methyl sites for hydroxylation is 1. The quantitative estimate of drug-likeness (QED) is 0.741. The van der Waals surface area contributed by atoms with Gasteiger partial charge < -0.3 is 9.64 Å². The van der Waals surface area contributed by atoms with Gasteiger partial charge in [0, 0.05) is 19.3 Å². The summed E-state index contributed by atoms with van der Waals surface area (Å²) < 4.78 is 8.99. The van der Waals surface area contributed by atoms with Gasteiger partial charge in [0.15, 0.2) is 0 Å². The molecule has 114 valence electrons. The van der Waals surface area contributed by atoms with Crippen LogP contribution in [0.5, 0.6) is 0 Å². The van der Waals surface area contributed by atoms with Crippen molar-refractivity contribution in [3.05, 3.63) is 35.7 Å². The lowest BCUT2D eigenvalue weighted by atomic mass is 10.2. The third kappa shape index (κ3) is 2.57. The highest BCUT2D eigenvalue weighted by Gasteiger charge is 2.24. The molecule has 1 aliphatic rings. The number of aromatic nitrogens is 4. The predicted molar refractivity (Wildman–Crippen MR) is 86.3 cm³/mol. The number of ether oxygens (including phenoxy) is 1. The van der Waals surface area contributed by atoms with E-state index in [0.29, 0.717) is 6.61 Å². The SMILES string of the molecule is Cc1cnn(CC2CN(c3ncnc4ccsc34)CCO2)c1. The van der Waals surface area contributed by atoms with Crippen LogP contribution in [0.25, 0.3) is 10.2 Å². The summed E-state index contributed by atoms with van der Waals surface area (Å²) in [6.07, 6.45) is 5.69. The highest BCUT2D eigenvalue weighted by Crippen LogP contribution is 2.28. The van der Waals surface area contributed by atoms with Crippen molar-refractivity contribution in [2.75, 3.05) is 24.6 Å². The first-order valence-corrected chi connectivity index (χ1v) is 8.21. The molecule has 0 aromatic carbocycles. The lowest BCUT2D eigenvalue weighted by Crippen LogP contribution is -2.44. The normalized spacial score (nSPS) is 19.0. The molecule has 0 N–H and O–H groups in total. The van der Waals surface area contributed by atoms with Gasteiger partial charge in [-0.25, -0.2) is 9.97 Å². The lowest BCUT2D eigenvalue weighted by Gasteiger charge is -2.33. The van der Waals surface area contributed by atoms with Gasteiger partial charge in [0.2, 0.25) is 0 Å². The van der Waals surface area contributed by atoms with E-state index in [2.05, 4.69) is 25.3 Å². The van der Waals surface area contributed by atoms with E-state index in [1.54, 1.807) is 17.7 Å². The summed E-state index contributed by atoms with van der Waals surface area (Å²) in [5.74, 6) is 1.02. The summed E-state index contributed by atoms with van der Waals surface area (Å²) >= 11 is 1.69. The van der Waals surface area contributed by atoms with Crippen LogP contribution in [-0.4, -0.2) is 45.5 Å². The number of hydrogen-bond donors (Lipinski definition) is 0. The van der Waals surface area contributed by atoms with Gasteiger partial charge in [0.25, 0.3) is 0 Å². The minimum absolute atomic E-state index is 0.123. The number of hydrogen-bond acceptors (Lipinski definition) is 6. The van der Waals surface area contributed by atoms with E-state index in [9.17, 15) is 0 Å². The van der Waals surface area contributed by atoms with Crippen molar-refractivity contribution in [2.24, 2.45) is 0 Å². The van der Waals surface area contributed by atoms with Gasteiger partial charge in [0.05, 0.1) is 35.7 Å². The van der Waals surface area contributed by atoms with Crippen LogP contribution in [0.15, 0.2) is 30.2 Å². The van der Waals surface area contributed by atoms with Crippen LogP contribution < -0.4 is 4.90 Å². The monoisotopic (exact) mass is 315 g/mol. The Morgan fingerprint density at radius 1 is 1.41 bits per heavy atom. The molecule has 1 fully saturated rings. The molecule has 1 saturated heterocycles. The van der Waals surface area contributed by atoms with Gasteiger partial charge in [0.1, 0.15) is 12.1 Å². The fraction of sp³-hybridized carbons (Fsp3) is 0.400. The fourth-order valence-electron chi connectivity index (χ4n) is 2.80. The van der Waals surface area contributed by atoms with Crippen LogP contribution in [0.3, 0.4) is 0 Å². The molecule has 3 aromatic heterocycles. The number of fused-ring (bicyclic) bond motifs is 1. The molecule has 0 amide bonds. The van der Waals surface area contributed by atoms with Gasteiger partial charge in [-0.15, -0.1) is 11.3 Å². The summed E-state index contributed by atoms with van der Waals surface area (Å²) in [4.78, 5) is 11.1. The van der Waals surface area contributed by atoms with Crippen LogP contribution in [0, 0.1) is 6.92 Å². The van der Waals surface area contributed by atoms with Gasteiger partial charge in [-0.3, -0.25) is 4.68 Å². The van der Waals surface area contributed by atoms with E-state index in [1.807, 2.05) is 30.1 Å². The highest BCUT2D eigenvalue weighted by atomic mass is 32.1. The molecule has 7 heteroatoms. The number of rotatable bonds is 3. The average Bonchev–Trinajstić information content (AvgIpc) is 3.16. The Labute approximate surface area is 132 Å². The van der Waals surface area contributed by atoms with E-state index in [1.165, 1.54) is 5.56 Å². The molecule has 0 spiro atoms. The molecule has 1 atom stereocenters. The average molecular weight is 315 g/mol. The van der Waals surface area contributed by atoms with Crippen LogP contribution in [0.1, 0.15) is 5.56 Å². The number of anilines is 1. The first-order chi connectivity index (χ1) is 10.8. The largest absolute Gasteiger partial charge is 0.373 e. The van der Waals surface area contributed by atoms with Crippen LogP contribution >= 0.6 is 11.3 Å². The lowest BCUT2D eigenvalue weighted by molar-refractivity contribution is 0.0273. The highest BCUT2D eigenvalue weighted by molar-refractivity contribution is 7.17. The molecular weight excluding hydrogens is 298 g/mol. The van der Waals surface area contributed by atoms with Crippen molar-refractivity contribution < 1.29 is 4.74 Å². The molecule has 0 radical (unpaired) electrons. The maximum Gasteiger partial charge on any atom is 0.150 e. The summed E-state index contributed by atoms with van der Waals surface area (Å²) in [5.41, 5.74) is 2.18. The molecule has 0 aliphatic carbocycles. The van der Waals surface area contributed by atoms with Crippen molar-refractivity contribution >= 4 is 27.4 Å². The number of morpholine rings is 1. The second-order valence-corrected chi connectivity index (χ2v) is 6.43. The van der Waals surface area contributed by atoms with Crippen LogP contribution in [0.4, 0.5) is 5.82 Å². The van der Waals surface area contributed by atoms with Gasteiger partial charge in [-0.05, 0) is 23.9 Å². The summed E-state index contributed by atoms with van der Waals surface area (Å²) in [6, 6.07) is 2.04. The zero-order valence-corrected chi connectivity index (χ0v) is 13.2. The molecule has 22 heavy (non-hydrogen) atoms. The fourth-order valence-corrected chi connectivity index (χ4v) is 3.66.